The molecule has 5 heteroatoms. The number of thiazole rings is 1. The van der Waals surface area contributed by atoms with E-state index in [-0.39, 0.29) is 5.82 Å². The molecule has 0 saturated carbocycles. The fraction of sp³-hybridized carbons (Fsp3) is 0.0625. The van der Waals surface area contributed by atoms with Crippen LogP contribution in [0.2, 0.25) is 0 Å². The van der Waals surface area contributed by atoms with E-state index >= 15 is 0 Å². The molecular formula is C16H10Br2FNS. The number of aryl methyl sites for hydroxylation is 1. The van der Waals surface area contributed by atoms with Gasteiger partial charge in [-0.15, -0.1) is 11.3 Å². The summed E-state index contributed by atoms with van der Waals surface area (Å²) in [6.07, 6.45) is 0. The molecule has 3 aromatic rings. The van der Waals surface area contributed by atoms with Gasteiger partial charge >= 0.3 is 0 Å². The average Bonchev–Trinajstić information content (AvgIpc) is 2.81. The Kier molecular flexibility index (Phi) is 4.24. The molecule has 1 heterocycles. The molecule has 0 atom stereocenters. The second-order valence-electron chi connectivity index (χ2n) is 4.53. The Bertz CT molecular complexity index is 814. The molecule has 0 fully saturated rings. The van der Waals surface area contributed by atoms with E-state index in [9.17, 15) is 4.39 Å². The van der Waals surface area contributed by atoms with E-state index in [1.165, 1.54) is 12.1 Å². The van der Waals surface area contributed by atoms with Crippen molar-refractivity contribution in [1.82, 2.24) is 4.98 Å². The third-order valence-electron chi connectivity index (χ3n) is 3.09. The van der Waals surface area contributed by atoms with Crippen molar-refractivity contribution < 1.29 is 4.39 Å². The summed E-state index contributed by atoms with van der Waals surface area (Å²) in [6, 6.07) is 12.7. The fourth-order valence-corrected chi connectivity index (χ4v) is 4.19. The molecule has 1 nitrogen and oxygen atoms in total. The second kappa shape index (κ2) is 5.99. The van der Waals surface area contributed by atoms with E-state index in [1.54, 1.807) is 17.4 Å². The molecule has 0 N–H and O–H groups in total. The van der Waals surface area contributed by atoms with Crippen molar-refractivity contribution in [2.75, 3.05) is 0 Å². The lowest BCUT2D eigenvalue weighted by molar-refractivity contribution is 0.627. The molecule has 3 rings (SSSR count). The minimum absolute atomic E-state index is 0.259. The molecule has 106 valence electrons. The Morgan fingerprint density at radius 2 is 1.76 bits per heavy atom. The molecule has 0 unspecified atom stereocenters. The van der Waals surface area contributed by atoms with Gasteiger partial charge in [-0.1, -0.05) is 34.1 Å². The molecular weight excluding hydrogens is 417 g/mol. The average molecular weight is 427 g/mol. The summed E-state index contributed by atoms with van der Waals surface area (Å²) >= 11 is 8.57. The summed E-state index contributed by atoms with van der Waals surface area (Å²) in [5, 5.41) is 0.880. The van der Waals surface area contributed by atoms with E-state index in [0.29, 0.717) is 0 Å². The van der Waals surface area contributed by atoms with Gasteiger partial charge in [0.15, 0.2) is 0 Å². The van der Waals surface area contributed by atoms with E-state index in [4.69, 9.17) is 4.98 Å². The smallest absolute Gasteiger partial charge is 0.125 e. The topological polar surface area (TPSA) is 12.9 Å². The van der Waals surface area contributed by atoms with Gasteiger partial charge in [0.25, 0.3) is 0 Å². The van der Waals surface area contributed by atoms with Crippen molar-refractivity contribution in [2.24, 2.45) is 0 Å². The Labute approximate surface area is 143 Å². The van der Waals surface area contributed by atoms with Crippen molar-refractivity contribution in [3.8, 4) is 21.8 Å². The Morgan fingerprint density at radius 1 is 1.00 bits per heavy atom. The lowest BCUT2D eigenvalue weighted by Gasteiger charge is -2.02. The SMILES string of the molecule is Cc1sc(-c2ccc(F)cc2Br)nc1-c1ccccc1Br. The van der Waals surface area contributed by atoms with Gasteiger partial charge in [-0.25, -0.2) is 9.37 Å². The van der Waals surface area contributed by atoms with Gasteiger partial charge in [0.2, 0.25) is 0 Å². The fourth-order valence-electron chi connectivity index (χ4n) is 2.08. The number of benzene rings is 2. The van der Waals surface area contributed by atoms with E-state index < -0.39 is 0 Å². The van der Waals surface area contributed by atoms with Crippen molar-refractivity contribution in [3.05, 3.63) is 62.1 Å². The molecule has 21 heavy (non-hydrogen) atoms. The van der Waals surface area contributed by atoms with Gasteiger partial charge in [0, 0.05) is 24.9 Å². The molecule has 0 aliphatic heterocycles. The minimum Gasteiger partial charge on any atom is -0.236 e. The number of aromatic nitrogens is 1. The maximum Gasteiger partial charge on any atom is 0.125 e. The van der Waals surface area contributed by atoms with Gasteiger partial charge in [-0.3, -0.25) is 0 Å². The number of hydrogen-bond donors (Lipinski definition) is 0. The van der Waals surface area contributed by atoms with Gasteiger partial charge in [0.1, 0.15) is 10.8 Å². The summed E-state index contributed by atoms with van der Waals surface area (Å²) in [5.74, 6) is -0.259. The number of hydrogen-bond acceptors (Lipinski definition) is 2. The van der Waals surface area contributed by atoms with E-state index in [2.05, 4.69) is 31.9 Å². The first-order valence-electron chi connectivity index (χ1n) is 6.24. The van der Waals surface area contributed by atoms with Crippen LogP contribution in [0.4, 0.5) is 4.39 Å². The van der Waals surface area contributed by atoms with Crippen LogP contribution in [-0.2, 0) is 0 Å². The summed E-state index contributed by atoms with van der Waals surface area (Å²) < 4.78 is 14.9. The molecule has 0 bridgehead atoms. The quantitative estimate of drug-likeness (QED) is 0.458. The normalized spacial score (nSPS) is 10.9. The van der Waals surface area contributed by atoms with Gasteiger partial charge in [-0.05, 0) is 47.1 Å². The molecule has 0 aliphatic rings. The predicted molar refractivity (Wildman–Crippen MR) is 93.1 cm³/mol. The van der Waals surface area contributed by atoms with Crippen LogP contribution in [0.15, 0.2) is 51.4 Å². The maximum absolute atomic E-state index is 13.2. The van der Waals surface area contributed by atoms with Crippen molar-refractivity contribution in [1.29, 1.82) is 0 Å². The van der Waals surface area contributed by atoms with Crippen LogP contribution in [0.5, 0.6) is 0 Å². The highest BCUT2D eigenvalue weighted by atomic mass is 79.9. The largest absolute Gasteiger partial charge is 0.236 e. The summed E-state index contributed by atoms with van der Waals surface area (Å²) in [5.41, 5.74) is 2.93. The van der Waals surface area contributed by atoms with Crippen LogP contribution in [-0.4, -0.2) is 4.98 Å². The zero-order valence-corrected chi connectivity index (χ0v) is 15.0. The van der Waals surface area contributed by atoms with Gasteiger partial charge in [0.05, 0.1) is 5.69 Å². The maximum atomic E-state index is 13.2. The molecule has 0 spiro atoms. The summed E-state index contributed by atoms with van der Waals surface area (Å²) in [7, 11) is 0. The molecule has 1 aromatic heterocycles. The van der Waals surface area contributed by atoms with Gasteiger partial charge in [-0.2, -0.15) is 0 Å². The third-order valence-corrected chi connectivity index (χ3v) is 5.44. The molecule has 2 aromatic carbocycles. The predicted octanol–water partition coefficient (Wildman–Crippen LogP) is 6.45. The van der Waals surface area contributed by atoms with Crippen LogP contribution < -0.4 is 0 Å². The zero-order valence-electron chi connectivity index (χ0n) is 11.0. The van der Waals surface area contributed by atoms with Crippen LogP contribution in [0, 0.1) is 12.7 Å². The third kappa shape index (κ3) is 2.96. The first-order valence-corrected chi connectivity index (χ1v) is 8.64. The first kappa shape index (κ1) is 14.9. The minimum atomic E-state index is -0.259. The van der Waals surface area contributed by atoms with Crippen LogP contribution in [0.25, 0.3) is 21.8 Å². The summed E-state index contributed by atoms with van der Waals surface area (Å²) in [4.78, 5) is 5.87. The van der Waals surface area contributed by atoms with Crippen molar-refractivity contribution in [3.63, 3.8) is 0 Å². The number of halogens is 3. The van der Waals surface area contributed by atoms with Crippen molar-refractivity contribution in [2.45, 2.75) is 6.92 Å². The van der Waals surface area contributed by atoms with E-state index in [1.807, 2.05) is 31.2 Å². The summed E-state index contributed by atoms with van der Waals surface area (Å²) in [6.45, 7) is 2.05. The molecule has 0 aliphatic carbocycles. The van der Waals surface area contributed by atoms with Crippen LogP contribution in [0.3, 0.4) is 0 Å². The van der Waals surface area contributed by atoms with E-state index in [0.717, 1.165) is 35.7 Å². The number of nitrogens with zero attached hydrogens (tertiary/aromatic N) is 1. The Hall–Kier alpha value is -1.04. The zero-order chi connectivity index (χ0) is 15.0. The lowest BCUT2D eigenvalue weighted by Crippen LogP contribution is -1.84. The standard InChI is InChI=1S/C16H10Br2FNS/c1-9-15(11-4-2-3-5-13(11)17)20-16(21-9)12-7-6-10(19)8-14(12)18/h2-8H,1H3. The molecule has 0 saturated heterocycles. The molecule has 0 radical (unpaired) electrons. The van der Waals surface area contributed by atoms with Crippen molar-refractivity contribution >= 4 is 43.2 Å². The van der Waals surface area contributed by atoms with Crippen LogP contribution >= 0.6 is 43.2 Å². The Balaban J connectivity index is 2.12. The molecule has 0 amide bonds. The lowest BCUT2D eigenvalue weighted by atomic mass is 10.1. The first-order chi connectivity index (χ1) is 10.1. The second-order valence-corrected chi connectivity index (χ2v) is 7.44. The van der Waals surface area contributed by atoms with Crippen LogP contribution in [0.1, 0.15) is 4.88 Å². The highest BCUT2D eigenvalue weighted by Crippen LogP contribution is 2.38. The Morgan fingerprint density at radius 3 is 2.48 bits per heavy atom. The number of rotatable bonds is 2. The monoisotopic (exact) mass is 425 g/mol. The highest BCUT2D eigenvalue weighted by Gasteiger charge is 2.15. The highest BCUT2D eigenvalue weighted by molar-refractivity contribution is 9.11. The van der Waals surface area contributed by atoms with Gasteiger partial charge < -0.3 is 0 Å².